The molecule has 1 radical (unpaired) electrons. The van der Waals surface area contributed by atoms with Crippen LogP contribution in [0.25, 0.3) is 0 Å². The van der Waals surface area contributed by atoms with Crippen LogP contribution in [0, 0.1) is 6.42 Å². The fourth-order valence-corrected chi connectivity index (χ4v) is 0.883. The molecule has 0 bridgehead atoms. The number of unbranched alkanes of at least 4 members (excludes halogenated alkanes) is 1. The zero-order valence-electron chi connectivity index (χ0n) is 6.40. The van der Waals surface area contributed by atoms with Crippen molar-refractivity contribution in [1.82, 2.24) is 4.90 Å². The largest absolute Gasteiger partial charge is 0.303 e. The van der Waals surface area contributed by atoms with E-state index in [1.54, 1.807) is 6.42 Å². The first kappa shape index (κ1) is 8.64. The van der Waals surface area contributed by atoms with E-state index in [0.29, 0.717) is 0 Å². The van der Waals surface area contributed by atoms with Gasteiger partial charge in [-0.15, -0.1) is 0 Å². The molecule has 4 heteroatoms. The van der Waals surface area contributed by atoms with Crippen molar-refractivity contribution in [2.24, 2.45) is 0 Å². The van der Waals surface area contributed by atoms with Gasteiger partial charge < -0.3 is 4.79 Å². The molecular formula is C8H8NO3. The highest BCUT2D eigenvalue weighted by atomic mass is 16.2. The second-order valence-electron chi connectivity index (χ2n) is 2.31. The van der Waals surface area contributed by atoms with E-state index < -0.39 is 0 Å². The number of hydrogen-bond acceptors (Lipinski definition) is 3. The number of carbonyl (C=O) groups is 3. The second kappa shape index (κ2) is 3.80. The molecule has 0 fully saturated rings. The van der Waals surface area contributed by atoms with Crippen LogP contribution in [0.4, 0.5) is 0 Å². The van der Waals surface area contributed by atoms with E-state index in [9.17, 15) is 14.4 Å². The Morgan fingerprint density at radius 2 is 1.83 bits per heavy atom. The predicted molar refractivity (Wildman–Crippen MR) is 40.8 cm³/mol. The van der Waals surface area contributed by atoms with E-state index >= 15 is 0 Å². The van der Waals surface area contributed by atoms with Gasteiger partial charge in [-0.05, 0) is 6.42 Å². The number of hydrogen-bond donors (Lipinski definition) is 0. The van der Waals surface area contributed by atoms with E-state index in [0.717, 1.165) is 11.2 Å². The summed E-state index contributed by atoms with van der Waals surface area (Å²) in [6.45, 7) is 0.212. The third-order valence-electron chi connectivity index (χ3n) is 1.48. The summed E-state index contributed by atoms with van der Waals surface area (Å²) in [4.78, 5) is 32.8. The van der Waals surface area contributed by atoms with Crippen molar-refractivity contribution in [3.05, 3.63) is 18.6 Å². The molecule has 0 aromatic rings. The summed E-state index contributed by atoms with van der Waals surface area (Å²) >= 11 is 0. The molecule has 0 unspecified atom stereocenters. The fraction of sp³-hybridized carbons (Fsp3) is 0.250. The average Bonchev–Trinajstić information content (AvgIpc) is 2.35. The fourth-order valence-electron chi connectivity index (χ4n) is 0.883. The van der Waals surface area contributed by atoms with Crippen LogP contribution in [-0.2, 0) is 14.4 Å². The van der Waals surface area contributed by atoms with Crippen LogP contribution in [-0.4, -0.2) is 29.5 Å². The minimum atomic E-state index is -0.317. The summed E-state index contributed by atoms with van der Waals surface area (Å²) in [7, 11) is 0. The summed E-state index contributed by atoms with van der Waals surface area (Å²) in [6.07, 6.45) is 5.00. The normalized spacial score (nSPS) is 15.8. The monoisotopic (exact) mass is 166 g/mol. The topological polar surface area (TPSA) is 54.5 Å². The van der Waals surface area contributed by atoms with Crippen LogP contribution < -0.4 is 0 Å². The van der Waals surface area contributed by atoms with Gasteiger partial charge in [0.05, 0.1) is 0 Å². The van der Waals surface area contributed by atoms with Crippen LogP contribution in [0.15, 0.2) is 12.2 Å². The van der Waals surface area contributed by atoms with Crippen molar-refractivity contribution in [1.29, 1.82) is 0 Å². The third kappa shape index (κ3) is 1.78. The Bertz CT molecular complexity index is 227. The maximum absolute atomic E-state index is 10.9. The first-order valence-electron chi connectivity index (χ1n) is 3.54. The van der Waals surface area contributed by atoms with Crippen LogP contribution >= 0.6 is 0 Å². The van der Waals surface area contributed by atoms with Crippen LogP contribution in [0.2, 0.25) is 0 Å². The van der Waals surface area contributed by atoms with Crippen LogP contribution in [0.3, 0.4) is 0 Å². The molecule has 12 heavy (non-hydrogen) atoms. The molecule has 0 spiro atoms. The highest BCUT2D eigenvalue weighted by Gasteiger charge is 2.21. The number of nitrogens with zero attached hydrogens (tertiary/aromatic N) is 1. The lowest BCUT2D eigenvalue weighted by atomic mass is 10.3. The molecule has 1 heterocycles. The number of aldehydes is 1. The Hall–Kier alpha value is -1.45. The highest BCUT2D eigenvalue weighted by Crippen LogP contribution is 2.03. The van der Waals surface area contributed by atoms with E-state index in [2.05, 4.69) is 0 Å². The Morgan fingerprint density at radius 3 is 2.33 bits per heavy atom. The average molecular weight is 166 g/mol. The Labute approximate surface area is 69.8 Å². The van der Waals surface area contributed by atoms with Gasteiger partial charge in [-0.25, -0.2) is 0 Å². The smallest absolute Gasteiger partial charge is 0.253 e. The van der Waals surface area contributed by atoms with E-state index in [1.807, 2.05) is 0 Å². The molecule has 1 aliphatic heterocycles. The molecule has 0 saturated carbocycles. The summed E-state index contributed by atoms with van der Waals surface area (Å²) in [5.41, 5.74) is 0. The lowest BCUT2D eigenvalue weighted by Crippen LogP contribution is -2.31. The van der Waals surface area contributed by atoms with E-state index in [4.69, 9.17) is 0 Å². The first-order chi connectivity index (χ1) is 5.75. The Morgan fingerprint density at radius 1 is 1.25 bits per heavy atom. The van der Waals surface area contributed by atoms with Gasteiger partial charge in [0.15, 0.2) is 0 Å². The van der Waals surface area contributed by atoms with Gasteiger partial charge in [0, 0.05) is 25.1 Å². The molecule has 2 amide bonds. The van der Waals surface area contributed by atoms with Gasteiger partial charge in [0.1, 0.15) is 6.29 Å². The van der Waals surface area contributed by atoms with Crippen molar-refractivity contribution < 1.29 is 14.4 Å². The summed E-state index contributed by atoms with van der Waals surface area (Å²) < 4.78 is 0. The number of amides is 2. The quantitative estimate of drug-likeness (QED) is 0.327. The molecule has 0 aromatic carbocycles. The zero-order chi connectivity index (χ0) is 8.97. The van der Waals surface area contributed by atoms with Crippen molar-refractivity contribution in [3.8, 4) is 0 Å². The lowest BCUT2D eigenvalue weighted by molar-refractivity contribution is -0.136. The van der Waals surface area contributed by atoms with Gasteiger partial charge in [-0.1, -0.05) is 0 Å². The molecule has 1 aliphatic rings. The van der Waals surface area contributed by atoms with Gasteiger partial charge in [0.25, 0.3) is 11.8 Å². The van der Waals surface area contributed by atoms with Crippen molar-refractivity contribution in [2.45, 2.75) is 6.42 Å². The standard InChI is InChI=1S/C8H8NO3/c10-6-2-1-5-9-7(11)3-4-8(9)12/h1,3-4,6H,2,5H2. The van der Waals surface area contributed by atoms with Gasteiger partial charge >= 0.3 is 0 Å². The van der Waals surface area contributed by atoms with Gasteiger partial charge in [-0.3, -0.25) is 14.5 Å². The van der Waals surface area contributed by atoms with Crippen molar-refractivity contribution in [3.63, 3.8) is 0 Å². The second-order valence-corrected chi connectivity index (χ2v) is 2.31. The molecule has 0 saturated heterocycles. The van der Waals surface area contributed by atoms with Crippen LogP contribution in [0.1, 0.15) is 6.42 Å². The van der Waals surface area contributed by atoms with E-state index in [-0.39, 0.29) is 24.8 Å². The van der Waals surface area contributed by atoms with Crippen molar-refractivity contribution in [2.75, 3.05) is 6.54 Å². The molecule has 0 atom stereocenters. The lowest BCUT2D eigenvalue weighted by Gasteiger charge is -2.11. The maximum Gasteiger partial charge on any atom is 0.253 e. The van der Waals surface area contributed by atoms with Crippen LogP contribution in [0.5, 0.6) is 0 Å². The highest BCUT2D eigenvalue weighted by molar-refractivity contribution is 6.12. The molecule has 63 valence electrons. The third-order valence-corrected chi connectivity index (χ3v) is 1.48. The Kier molecular flexibility index (Phi) is 2.74. The van der Waals surface area contributed by atoms with Gasteiger partial charge in [0.2, 0.25) is 0 Å². The molecule has 0 N–H and O–H groups in total. The number of rotatable bonds is 4. The van der Waals surface area contributed by atoms with Crippen molar-refractivity contribution >= 4 is 18.1 Å². The SMILES string of the molecule is O=CC[CH]CN1C(=O)C=CC1=O. The number of imide groups is 1. The zero-order valence-corrected chi connectivity index (χ0v) is 6.40. The molecule has 1 rings (SSSR count). The molecule has 0 aliphatic carbocycles. The number of carbonyl (C=O) groups excluding carboxylic acids is 3. The minimum Gasteiger partial charge on any atom is -0.303 e. The molecule has 0 aromatic heterocycles. The summed E-state index contributed by atoms with van der Waals surface area (Å²) in [5.74, 6) is -0.635. The van der Waals surface area contributed by atoms with E-state index in [1.165, 1.54) is 12.2 Å². The molecule has 4 nitrogen and oxygen atoms in total. The maximum atomic E-state index is 10.9. The van der Waals surface area contributed by atoms with Gasteiger partial charge in [-0.2, -0.15) is 0 Å². The summed E-state index contributed by atoms with van der Waals surface area (Å²) in [6, 6.07) is 0. The first-order valence-corrected chi connectivity index (χ1v) is 3.54. The Balaban J connectivity index is 2.37. The summed E-state index contributed by atoms with van der Waals surface area (Å²) in [5, 5.41) is 0. The minimum absolute atomic E-state index is 0.212. The predicted octanol–water partition coefficient (Wildman–Crippen LogP) is -0.295. The molecular weight excluding hydrogens is 158 g/mol.